The third-order valence-electron chi connectivity index (χ3n) is 2.92. The number of nitrogens with zero attached hydrogens (tertiary/aromatic N) is 1. The van der Waals surface area contributed by atoms with Gasteiger partial charge in [0.1, 0.15) is 19.6 Å². The first-order valence-corrected chi connectivity index (χ1v) is 5.91. The molecule has 0 bridgehead atoms. The van der Waals surface area contributed by atoms with E-state index in [0.717, 1.165) is 18.7 Å². The third-order valence-corrected chi connectivity index (χ3v) is 2.92. The topological polar surface area (TPSA) is 26.3 Å². The molecular formula is C14H20NO2+. The molecule has 0 aliphatic carbocycles. The standard InChI is InChI=1S/C14H20NO2/c1-4-14(16)17-15(5-2,6-3)12-13-10-8-7-9-11-13/h4,7-11H,1,5-6,12H2,2-3H3/q+1. The summed E-state index contributed by atoms with van der Waals surface area (Å²) in [6.45, 7) is 9.64. The van der Waals surface area contributed by atoms with Gasteiger partial charge < -0.3 is 0 Å². The fraction of sp³-hybridized carbons (Fsp3) is 0.357. The normalized spacial score (nSPS) is 10.9. The predicted molar refractivity (Wildman–Crippen MR) is 67.8 cm³/mol. The largest absolute Gasteiger partial charge is 0.389 e. The van der Waals surface area contributed by atoms with Gasteiger partial charge in [-0.2, -0.15) is 0 Å². The van der Waals surface area contributed by atoms with Gasteiger partial charge in [-0.3, -0.25) is 4.84 Å². The van der Waals surface area contributed by atoms with E-state index in [4.69, 9.17) is 4.84 Å². The Bertz CT molecular complexity index is 369. The summed E-state index contributed by atoms with van der Waals surface area (Å²) in [5.74, 6) is -0.371. The van der Waals surface area contributed by atoms with Gasteiger partial charge in [-0.1, -0.05) is 36.9 Å². The molecule has 0 fully saturated rings. The number of hydroxylamine groups is 3. The highest BCUT2D eigenvalue weighted by atomic mass is 16.7. The van der Waals surface area contributed by atoms with E-state index in [9.17, 15) is 4.79 Å². The number of carbonyl (C=O) groups is 1. The molecule has 0 aliphatic rings. The summed E-state index contributed by atoms with van der Waals surface area (Å²) in [6, 6.07) is 10.0. The molecule has 1 aromatic rings. The summed E-state index contributed by atoms with van der Waals surface area (Å²) in [4.78, 5) is 16.8. The van der Waals surface area contributed by atoms with Crippen molar-refractivity contribution in [2.75, 3.05) is 13.1 Å². The minimum atomic E-state index is -0.371. The second-order valence-electron chi connectivity index (χ2n) is 3.95. The molecular weight excluding hydrogens is 214 g/mol. The summed E-state index contributed by atoms with van der Waals surface area (Å²) < 4.78 is 0.300. The van der Waals surface area contributed by atoms with Crippen LogP contribution in [0.2, 0.25) is 0 Å². The lowest BCUT2D eigenvalue weighted by molar-refractivity contribution is -1.10. The zero-order valence-corrected chi connectivity index (χ0v) is 10.6. The van der Waals surface area contributed by atoms with E-state index in [0.29, 0.717) is 11.2 Å². The molecule has 0 radical (unpaired) electrons. The molecule has 17 heavy (non-hydrogen) atoms. The molecule has 0 N–H and O–H groups in total. The van der Waals surface area contributed by atoms with Crippen LogP contribution in [0.15, 0.2) is 43.0 Å². The molecule has 0 heterocycles. The molecule has 0 saturated heterocycles. The number of rotatable bonds is 6. The van der Waals surface area contributed by atoms with Crippen molar-refractivity contribution in [1.29, 1.82) is 0 Å². The number of carbonyl (C=O) groups excluding carboxylic acids is 1. The van der Waals surface area contributed by atoms with Crippen LogP contribution >= 0.6 is 0 Å². The maximum Gasteiger partial charge on any atom is 0.389 e. The quantitative estimate of drug-likeness (QED) is 0.430. The molecule has 0 unspecified atom stereocenters. The van der Waals surface area contributed by atoms with Gasteiger partial charge in [0.2, 0.25) is 0 Å². The van der Waals surface area contributed by atoms with Crippen molar-refractivity contribution < 1.29 is 14.3 Å². The number of hydrogen-bond donors (Lipinski definition) is 0. The lowest BCUT2D eigenvalue weighted by atomic mass is 10.2. The van der Waals surface area contributed by atoms with Gasteiger partial charge in [-0.15, -0.1) is 4.65 Å². The van der Waals surface area contributed by atoms with Gasteiger partial charge in [0.25, 0.3) is 0 Å². The van der Waals surface area contributed by atoms with E-state index in [1.807, 2.05) is 44.2 Å². The van der Waals surface area contributed by atoms with Gasteiger partial charge >= 0.3 is 5.97 Å². The van der Waals surface area contributed by atoms with Crippen LogP contribution < -0.4 is 0 Å². The minimum Gasteiger partial charge on any atom is -0.272 e. The Morgan fingerprint density at radius 1 is 1.29 bits per heavy atom. The van der Waals surface area contributed by atoms with Gasteiger partial charge in [-0.25, -0.2) is 4.79 Å². The number of hydrogen-bond acceptors (Lipinski definition) is 2. The zero-order valence-electron chi connectivity index (χ0n) is 10.6. The Morgan fingerprint density at radius 2 is 1.88 bits per heavy atom. The predicted octanol–water partition coefficient (Wildman–Crippen LogP) is 2.69. The van der Waals surface area contributed by atoms with Crippen LogP contribution in [0.1, 0.15) is 19.4 Å². The van der Waals surface area contributed by atoms with E-state index in [1.165, 1.54) is 6.08 Å². The molecule has 0 atom stereocenters. The third kappa shape index (κ3) is 3.71. The molecule has 0 spiro atoms. The molecule has 1 rings (SSSR count). The van der Waals surface area contributed by atoms with Crippen LogP contribution in [-0.2, 0) is 16.2 Å². The maximum absolute atomic E-state index is 11.4. The van der Waals surface area contributed by atoms with Crippen molar-refractivity contribution >= 4 is 5.97 Å². The Morgan fingerprint density at radius 3 is 2.35 bits per heavy atom. The fourth-order valence-electron chi connectivity index (χ4n) is 1.75. The summed E-state index contributed by atoms with van der Waals surface area (Å²) in [5, 5.41) is 0. The molecule has 3 heteroatoms. The molecule has 3 nitrogen and oxygen atoms in total. The van der Waals surface area contributed by atoms with Crippen LogP contribution in [0.25, 0.3) is 0 Å². The van der Waals surface area contributed by atoms with E-state index >= 15 is 0 Å². The Labute approximate surface area is 103 Å². The summed E-state index contributed by atoms with van der Waals surface area (Å²) >= 11 is 0. The Balaban J connectivity index is 2.84. The van der Waals surface area contributed by atoms with Gasteiger partial charge in [-0.05, 0) is 13.8 Å². The van der Waals surface area contributed by atoms with Crippen molar-refractivity contribution in [3.05, 3.63) is 48.6 Å². The number of benzene rings is 1. The SMILES string of the molecule is C=CC(=O)O[N+](CC)(CC)Cc1ccccc1. The van der Waals surface area contributed by atoms with Gasteiger partial charge in [0.15, 0.2) is 0 Å². The van der Waals surface area contributed by atoms with Crippen molar-refractivity contribution in [3.63, 3.8) is 0 Å². The highest BCUT2D eigenvalue weighted by Crippen LogP contribution is 2.15. The maximum atomic E-state index is 11.4. The van der Waals surface area contributed by atoms with E-state index in [1.54, 1.807) is 0 Å². The van der Waals surface area contributed by atoms with Gasteiger partial charge in [0.05, 0.1) is 0 Å². The number of quaternary nitrogens is 1. The smallest absolute Gasteiger partial charge is 0.272 e. The molecule has 0 aromatic heterocycles. The van der Waals surface area contributed by atoms with Gasteiger partial charge in [0, 0.05) is 11.6 Å². The monoisotopic (exact) mass is 234 g/mol. The van der Waals surface area contributed by atoms with Crippen molar-refractivity contribution in [3.8, 4) is 0 Å². The average molecular weight is 234 g/mol. The molecule has 92 valence electrons. The molecule has 1 aromatic carbocycles. The van der Waals surface area contributed by atoms with Crippen molar-refractivity contribution in [2.24, 2.45) is 0 Å². The van der Waals surface area contributed by atoms with Crippen molar-refractivity contribution in [1.82, 2.24) is 0 Å². The Hall–Kier alpha value is -1.61. The first-order chi connectivity index (χ1) is 8.15. The van der Waals surface area contributed by atoms with Crippen LogP contribution in [0.4, 0.5) is 0 Å². The lowest BCUT2D eigenvalue weighted by Crippen LogP contribution is -2.48. The second-order valence-corrected chi connectivity index (χ2v) is 3.95. The van der Waals surface area contributed by atoms with Crippen LogP contribution in [0.3, 0.4) is 0 Å². The van der Waals surface area contributed by atoms with Crippen LogP contribution in [-0.4, -0.2) is 23.7 Å². The minimum absolute atomic E-state index is 0.300. The van der Waals surface area contributed by atoms with Crippen molar-refractivity contribution in [2.45, 2.75) is 20.4 Å². The Kier molecular flexibility index (Phi) is 4.91. The average Bonchev–Trinajstić information content (AvgIpc) is 2.39. The summed E-state index contributed by atoms with van der Waals surface area (Å²) in [7, 11) is 0. The first-order valence-electron chi connectivity index (χ1n) is 5.91. The van der Waals surface area contributed by atoms with E-state index in [-0.39, 0.29) is 5.97 Å². The highest BCUT2D eigenvalue weighted by molar-refractivity contribution is 5.80. The lowest BCUT2D eigenvalue weighted by Gasteiger charge is -2.32. The zero-order chi connectivity index (χ0) is 12.7. The summed E-state index contributed by atoms with van der Waals surface area (Å²) in [6.07, 6.45) is 1.21. The summed E-state index contributed by atoms with van der Waals surface area (Å²) in [5.41, 5.74) is 1.16. The van der Waals surface area contributed by atoms with E-state index < -0.39 is 0 Å². The fourth-order valence-corrected chi connectivity index (χ4v) is 1.75. The molecule has 0 amide bonds. The second kappa shape index (κ2) is 6.21. The van der Waals surface area contributed by atoms with Crippen LogP contribution in [0, 0.1) is 0 Å². The highest BCUT2D eigenvalue weighted by Gasteiger charge is 2.29. The van der Waals surface area contributed by atoms with Crippen LogP contribution in [0.5, 0.6) is 0 Å². The molecule has 0 saturated carbocycles. The van der Waals surface area contributed by atoms with E-state index in [2.05, 4.69) is 6.58 Å². The molecule has 0 aliphatic heterocycles. The first kappa shape index (κ1) is 13.5.